The molecule has 6 heteroatoms. The number of aryl methyl sites for hydroxylation is 1. The first-order valence-electron chi connectivity index (χ1n) is 11.5. The van der Waals surface area contributed by atoms with Crippen LogP contribution in [0.4, 0.5) is 0 Å². The zero-order valence-corrected chi connectivity index (χ0v) is 20.0. The number of hydrogen-bond acceptors (Lipinski definition) is 5. The van der Waals surface area contributed by atoms with Crippen LogP contribution in [0.25, 0.3) is 0 Å². The van der Waals surface area contributed by atoms with E-state index in [1.165, 1.54) is 18.2 Å². The lowest BCUT2D eigenvalue weighted by molar-refractivity contribution is -0.120. The Morgan fingerprint density at radius 2 is 1.62 bits per heavy atom. The highest BCUT2D eigenvalue weighted by molar-refractivity contribution is 5.78. The van der Waals surface area contributed by atoms with E-state index in [0.29, 0.717) is 24.9 Å². The molecule has 3 rings (SSSR count). The Morgan fingerprint density at radius 3 is 2.32 bits per heavy atom. The van der Waals surface area contributed by atoms with E-state index in [4.69, 9.17) is 0 Å². The number of aliphatic hydroxyl groups is 1. The molecule has 0 aromatic heterocycles. The number of carbonyl (C=O) groups is 1. The third-order valence-electron chi connectivity index (χ3n) is 5.82. The molecule has 0 fully saturated rings. The van der Waals surface area contributed by atoms with Crippen molar-refractivity contribution in [1.29, 1.82) is 0 Å². The molecular formula is C28H34N2O4. The van der Waals surface area contributed by atoms with Crippen molar-refractivity contribution < 1.29 is 20.1 Å². The van der Waals surface area contributed by atoms with Crippen LogP contribution in [0.1, 0.15) is 47.8 Å². The summed E-state index contributed by atoms with van der Waals surface area (Å²) in [6.45, 7) is 6.90. The molecular weight excluding hydrogens is 428 g/mol. The molecule has 5 N–H and O–H groups in total. The van der Waals surface area contributed by atoms with Crippen molar-refractivity contribution in [2.75, 3.05) is 6.54 Å². The van der Waals surface area contributed by atoms with E-state index in [-0.39, 0.29) is 29.5 Å². The number of hydrogen-bond donors (Lipinski definition) is 5. The SMILES string of the molecule is Cc1ccccc1CNC(=O)Cc1cccc(CC(C)(C)NC[C@H](O)c2cc(O)cc(O)c2)c1. The Morgan fingerprint density at radius 1 is 0.941 bits per heavy atom. The molecule has 0 saturated heterocycles. The van der Waals surface area contributed by atoms with Crippen LogP contribution >= 0.6 is 0 Å². The zero-order chi connectivity index (χ0) is 24.7. The van der Waals surface area contributed by atoms with Gasteiger partial charge in [0.25, 0.3) is 0 Å². The van der Waals surface area contributed by atoms with Gasteiger partial charge in [-0.2, -0.15) is 0 Å². The van der Waals surface area contributed by atoms with E-state index < -0.39 is 6.10 Å². The molecule has 180 valence electrons. The number of carbonyl (C=O) groups excluding carboxylic acids is 1. The summed E-state index contributed by atoms with van der Waals surface area (Å²) in [5, 5.41) is 36.1. The molecule has 3 aromatic rings. The second kappa shape index (κ2) is 11.2. The van der Waals surface area contributed by atoms with E-state index in [9.17, 15) is 20.1 Å². The summed E-state index contributed by atoms with van der Waals surface area (Å²) in [5.74, 6) is -0.198. The average Bonchev–Trinajstić information content (AvgIpc) is 2.76. The summed E-state index contributed by atoms with van der Waals surface area (Å²) < 4.78 is 0. The van der Waals surface area contributed by atoms with Gasteiger partial charge in [0.1, 0.15) is 11.5 Å². The van der Waals surface area contributed by atoms with Gasteiger partial charge in [-0.05, 0) is 67.1 Å². The number of phenols is 2. The predicted molar refractivity (Wildman–Crippen MR) is 134 cm³/mol. The van der Waals surface area contributed by atoms with Crippen LogP contribution in [-0.4, -0.2) is 33.3 Å². The molecule has 3 aromatic carbocycles. The van der Waals surface area contributed by atoms with Crippen LogP contribution < -0.4 is 10.6 Å². The van der Waals surface area contributed by atoms with Crippen LogP contribution in [-0.2, 0) is 24.2 Å². The summed E-state index contributed by atoms with van der Waals surface area (Å²) in [4.78, 5) is 12.5. The fraction of sp³-hybridized carbons (Fsp3) is 0.321. The Balaban J connectivity index is 1.53. The van der Waals surface area contributed by atoms with Crippen LogP contribution in [0.5, 0.6) is 11.5 Å². The first kappa shape index (κ1) is 25.3. The second-order valence-electron chi connectivity index (χ2n) is 9.44. The quantitative estimate of drug-likeness (QED) is 0.314. The van der Waals surface area contributed by atoms with Gasteiger partial charge >= 0.3 is 0 Å². The number of aromatic hydroxyl groups is 2. The minimum Gasteiger partial charge on any atom is -0.508 e. The van der Waals surface area contributed by atoms with Crippen molar-refractivity contribution in [3.63, 3.8) is 0 Å². The second-order valence-corrected chi connectivity index (χ2v) is 9.44. The predicted octanol–water partition coefficient (Wildman–Crippen LogP) is 3.91. The van der Waals surface area contributed by atoms with Crippen molar-refractivity contribution >= 4 is 5.91 Å². The monoisotopic (exact) mass is 462 g/mol. The standard InChI is InChI=1S/C28H34N2O4/c1-19-7-4-5-10-22(19)17-29-27(34)12-20-8-6-9-21(11-20)16-28(2,3)30-18-26(33)23-13-24(31)15-25(32)14-23/h4-11,13-15,26,30-33H,12,16-18H2,1-3H3,(H,29,34)/t26-/m0/s1. The van der Waals surface area contributed by atoms with E-state index in [1.54, 1.807) is 0 Å². The summed E-state index contributed by atoms with van der Waals surface area (Å²) in [7, 11) is 0. The van der Waals surface area contributed by atoms with Crippen molar-refractivity contribution in [2.24, 2.45) is 0 Å². The molecule has 1 atom stereocenters. The summed E-state index contributed by atoms with van der Waals surface area (Å²) in [5.41, 5.74) is 4.42. The highest BCUT2D eigenvalue weighted by atomic mass is 16.3. The average molecular weight is 463 g/mol. The molecule has 0 saturated carbocycles. The van der Waals surface area contributed by atoms with E-state index >= 15 is 0 Å². The molecule has 0 unspecified atom stereocenters. The molecule has 34 heavy (non-hydrogen) atoms. The smallest absolute Gasteiger partial charge is 0.224 e. The number of aliphatic hydroxyl groups excluding tert-OH is 1. The zero-order valence-electron chi connectivity index (χ0n) is 20.0. The summed E-state index contributed by atoms with van der Waals surface area (Å²) in [6, 6.07) is 20.1. The fourth-order valence-corrected chi connectivity index (χ4v) is 3.97. The summed E-state index contributed by atoms with van der Waals surface area (Å²) >= 11 is 0. The molecule has 0 radical (unpaired) electrons. The van der Waals surface area contributed by atoms with E-state index in [0.717, 1.165) is 22.3 Å². The van der Waals surface area contributed by atoms with Crippen LogP contribution in [0.2, 0.25) is 0 Å². The molecule has 0 bridgehead atoms. The van der Waals surface area contributed by atoms with Gasteiger partial charge in [0.2, 0.25) is 5.91 Å². The lowest BCUT2D eigenvalue weighted by atomic mass is 9.93. The maximum Gasteiger partial charge on any atom is 0.224 e. The van der Waals surface area contributed by atoms with Crippen molar-refractivity contribution in [3.8, 4) is 11.5 Å². The van der Waals surface area contributed by atoms with Crippen LogP contribution in [0, 0.1) is 6.92 Å². The van der Waals surface area contributed by atoms with Crippen LogP contribution in [0.15, 0.2) is 66.7 Å². The molecule has 1 amide bonds. The van der Waals surface area contributed by atoms with Gasteiger partial charge in [-0.1, -0.05) is 48.5 Å². The Bertz CT molecular complexity index is 1110. The van der Waals surface area contributed by atoms with Crippen LogP contribution in [0.3, 0.4) is 0 Å². The lowest BCUT2D eigenvalue weighted by Crippen LogP contribution is -2.43. The molecule has 0 aliphatic heterocycles. The minimum absolute atomic E-state index is 0.0183. The highest BCUT2D eigenvalue weighted by Gasteiger charge is 2.20. The number of amides is 1. The molecule has 0 spiro atoms. The van der Waals surface area contributed by atoms with Gasteiger partial charge in [0, 0.05) is 24.7 Å². The van der Waals surface area contributed by atoms with Gasteiger partial charge in [-0.25, -0.2) is 0 Å². The minimum atomic E-state index is -0.874. The topological polar surface area (TPSA) is 102 Å². The Labute approximate surface area is 201 Å². The Hall–Kier alpha value is -3.35. The number of rotatable bonds is 10. The third kappa shape index (κ3) is 7.61. The maximum atomic E-state index is 12.5. The molecule has 0 aliphatic rings. The number of phenolic OH excluding ortho intramolecular Hbond substituents is 2. The normalized spacial score (nSPS) is 12.4. The Kier molecular flexibility index (Phi) is 8.31. The third-order valence-corrected chi connectivity index (χ3v) is 5.82. The van der Waals surface area contributed by atoms with Gasteiger partial charge < -0.3 is 26.0 Å². The largest absolute Gasteiger partial charge is 0.508 e. The van der Waals surface area contributed by atoms with Gasteiger partial charge in [0.15, 0.2) is 0 Å². The van der Waals surface area contributed by atoms with Gasteiger partial charge in [-0.15, -0.1) is 0 Å². The highest BCUT2D eigenvalue weighted by Crippen LogP contribution is 2.25. The van der Waals surface area contributed by atoms with E-state index in [1.807, 2.05) is 69.3 Å². The molecule has 0 aliphatic carbocycles. The van der Waals surface area contributed by atoms with Crippen molar-refractivity contribution in [2.45, 2.75) is 51.8 Å². The lowest BCUT2D eigenvalue weighted by Gasteiger charge is -2.28. The van der Waals surface area contributed by atoms with Crippen molar-refractivity contribution in [1.82, 2.24) is 10.6 Å². The number of nitrogens with one attached hydrogen (secondary N) is 2. The molecule has 0 heterocycles. The van der Waals surface area contributed by atoms with E-state index in [2.05, 4.69) is 10.6 Å². The molecule has 6 nitrogen and oxygen atoms in total. The fourth-order valence-electron chi connectivity index (χ4n) is 3.97. The number of β-amino-alcohol motifs (C(OH)–C–C–N with tert-alkyl or cyclic N) is 1. The first-order chi connectivity index (χ1) is 16.1. The van der Waals surface area contributed by atoms with Gasteiger partial charge in [-0.3, -0.25) is 4.79 Å². The maximum absolute atomic E-state index is 12.5. The van der Waals surface area contributed by atoms with Gasteiger partial charge in [0.05, 0.1) is 12.5 Å². The first-order valence-corrected chi connectivity index (χ1v) is 11.5. The number of benzene rings is 3. The summed E-state index contributed by atoms with van der Waals surface area (Å²) in [6.07, 6.45) is 0.136. The van der Waals surface area contributed by atoms with Crippen molar-refractivity contribution in [3.05, 3.63) is 94.5 Å².